The Labute approximate surface area is 122 Å². The van der Waals surface area contributed by atoms with Gasteiger partial charge in [0.25, 0.3) is 0 Å². The summed E-state index contributed by atoms with van der Waals surface area (Å²) in [5.74, 6) is 0.0996. The van der Waals surface area contributed by atoms with Crippen LogP contribution < -0.4 is 5.32 Å². The van der Waals surface area contributed by atoms with E-state index in [1.165, 1.54) is 0 Å². The lowest BCUT2D eigenvalue weighted by atomic mass is 9.88. The van der Waals surface area contributed by atoms with Gasteiger partial charge in [-0.05, 0) is 24.6 Å². The van der Waals surface area contributed by atoms with E-state index in [-0.39, 0.29) is 5.78 Å². The van der Waals surface area contributed by atoms with Gasteiger partial charge >= 0.3 is 0 Å². The second-order valence-electron chi connectivity index (χ2n) is 4.54. The van der Waals surface area contributed by atoms with Crippen LogP contribution in [-0.2, 0) is 10.3 Å². The van der Waals surface area contributed by atoms with Gasteiger partial charge in [0.05, 0.1) is 5.33 Å². The van der Waals surface area contributed by atoms with E-state index in [4.69, 9.17) is 0 Å². The van der Waals surface area contributed by atoms with Crippen LogP contribution in [0, 0.1) is 0 Å². The molecule has 2 rings (SSSR count). The van der Waals surface area contributed by atoms with Crippen LogP contribution in [0.5, 0.6) is 0 Å². The van der Waals surface area contributed by atoms with Crippen LogP contribution in [0.1, 0.15) is 12.5 Å². The smallest absolute Gasteiger partial charge is 0.172 e. The molecule has 1 N–H and O–H groups in total. The van der Waals surface area contributed by atoms with Crippen LogP contribution in [0.25, 0.3) is 0 Å². The number of ketones is 1. The quantitative estimate of drug-likeness (QED) is 0.845. The van der Waals surface area contributed by atoms with Crippen LogP contribution >= 0.6 is 15.9 Å². The highest BCUT2D eigenvalue weighted by Gasteiger charge is 2.33. The van der Waals surface area contributed by atoms with Gasteiger partial charge in [-0.15, -0.1) is 0 Å². The molecule has 0 amide bonds. The van der Waals surface area contributed by atoms with Crippen molar-refractivity contribution >= 4 is 27.4 Å². The predicted molar refractivity (Wildman–Crippen MR) is 82.7 cm³/mol. The Morgan fingerprint density at radius 3 is 2.11 bits per heavy atom. The number of carbonyl (C=O) groups is 1. The van der Waals surface area contributed by atoms with Crippen molar-refractivity contribution in [2.75, 3.05) is 10.6 Å². The van der Waals surface area contributed by atoms with E-state index in [2.05, 4.69) is 21.2 Å². The summed E-state index contributed by atoms with van der Waals surface area (Å²) < 4.78 is 0. The van der Waals surface area contributed by atoms with E-state index in [1.807, 2.05) is 67.6 Å². The molecule has 0 aliphatic carbocycles. The molecule has 2 aromatic rings. The molecule has 0 heterocycles. The summed E-state index contributed by atoms with van der Waals surface area (Å²) in [6, 6.07) is 19.6. The van der Waals surface area contributed by atoms with Gasteiger partial charge in [0, 0.05) is 5.69 Å². The summed E-state index contributed by atoms with van der Waals surface area (Å²) in [5, 5.41) is 3.66. The maximum atomic E-state index is 12.3. The molecule has 0 spiro atoms. The highest BCUT2D eigenvalue weighted by Crippen LogP contribution is 2.27. The number of para-hydroxylation sites is 1. The van der Waals surface area contributed by atoms with Crippen LogP contribution in [-0.4, -0.2) is 11.1 Å². The molecule has 1 unspecified atom stereocenters. The van der Waals surface area contributed by atoms with Crippen molar-refractivity contribution in [1.82, 2.24) is 0 Å². The minimum absolute atomic E-state index is 0.0996. The highest BCUT2D eigenvalue weighted by molar-refractivity contribution is 9.09. The third kappa shape index (κ3) is 3.04. The molecule has 19 heavy (non-hydrogen) atoms. The summed E-state index contributed by atoms with van der Waals surface area (Å²) in [5.41, 5.74) is 1.16. The SMILES string of the molecule is CC(Nc1ccccc1)(C(=O)CBr)c1ccccc1. The number of hydrogen-bond donors (Lipinski definition) is 1. The lowest BCUT2D eigenvalue weighted by Gasteiger charge is -2.30. The van der Waals surface area contributed by atoms with Crippen molar-refractivity contribution in [3.05, 3.63) is 66.2 Å². The van der Waals surface area contributed by atoms with Crippen molar-refractivity contribution in [3.8, 4) is 0 Å². The zero-order valence-electron chi connectivity index (χ0n) is 10.8. The van der Waals surface area contributed by atoms with E-state index in [0.717, 1.165) is 11.3 Å². The van der Waals surface area contributed by atoms with Crippen molar-refractivity contribution in [2.24, 2.45) is 0 Å². The van der Waals surface area contributed by atoms with E-state index in [1.54, 1.807) is 0 Å². The summed E-state index contributed by atoms with van der Waals surface area (Å²) in [4.78, 5) is 12.3. The number of rotatable bonds is 5. The van der Waals surface area contributed by atoms with Gasteiger partial charge in [0.2, 0.25) is 0 Å². The van der Waals surface area contributed by atoms with Crippen molar-refractivity contribution in [2.45, 2.75) is 12.5 Å². The number of Topliss-reactive ketones (excluding diaryl/α,β-unsaturated/α-hetero) is 1. The zero-order chi connectivity index (χ0) is 13.7. The summed E-state index contributed by atoms with van der Waals surface area (Å²) in [6.07, 6.45) is 0. The van der Waals surface area contributed by atoms with Gasteiger partial charge in [-0.25, -0.2) is 0 Å². The summed E-state index contributed by atoms with van der Waals surface area (Å²) >= 11 is 3.27. The average molecular weight is 318 g/mol. The van der Waals surface area contributed by atoms with Gasteiger partial charge in [-0.1, -0.05) is 64.5 Å². The van der Waals surface area contributed by atoms with Gasteiger partial charge in [0.1, 0.15) is 5.54 Å². The number of hydrogen-bond acceptors (Lipinski definition) is 2. The molecule has 0 aromatic heterocycles. The normalized spacial score (nSPS) is 13.6. The van der Waals surface area contributed by atoms with E-state index in [9.17, 15) is 4.79 Å². The fourth-order valence-corrected chi connectivity index (χ4v) is 2.58. The first-order valence-electron chi connectivity index (χ1n) is 6.15. The molecule has 98 valence electrons. The van der Waals surface area contributed by atoms with Crippen LogP contribution in [0.15, 0.2) is 60.7 Å². The summed E-state index contributed by atoms with van der Waals surface area (Å²) in [7, 11) is 0. The molecule has 3 heteroatoms. The first-order chi connectivity index (χ1) is 9.16. The fourth-order valence-electron chi connectivity index (χ4n) is 2.02. The zero-order valence-corrected chi connectivity index (χ0v) is 12.4. The van der Waals surface area contributed by atoms with Gasteiger partial charge in [-0.2, -0.15) is 0 Å². The average Bonchev–Trinajstić information content (AvgIpc) is 2.48. The number of alkyl halides is 1. The number of carbonyl (C=O) groups excluding carboxylic acids is 1. The lowest BCUT2D eigenvalue weighted by molar-refractivity contribution is -0.120. The van der Waals surface area contributed by atoms with Crippen LogP contribution in [0.2, 0.25) is 0 Å². The molecule has 0 saturated heterocycles. The Kier molecular flexibility index (Phi) is 4.38. The maximum absolute atomic E-state index is 12.3. The Balaban J connectivity index is 2.39. The number of halogens is 1. The third-order valence-corrected chi connectivity index (χ3v) is 3.71. The molecular weight excluding hydrogens is 302 g/mol. The molecular formula is C16H16BrNO. The molecule has 0 bridgehead atoms. The molecule has 0 aliphatic heterocycles. The standard InChI is InChI=1S/C16H16BrNO/c1-16(15(19)12-17,13-8-4-2-5-9-13)18-14-10-6-3-7-11-14/h2-11,18H,12H2,1H3. The third-order valence-electron chi connectivity index (χ3n) is 3.20. The topological polar surface area (TPSA) is 29.1 Å². The lowest BCUT2D eigenvalue weighted by Crippen LogP contribution is -2.41. The Bertz CT molecular complexity index is 541. The highest BCUT2D eigenvalue weighted by atomic mass is 79.9. The molecule has 1 atom stereocenters. The van der Waals surface area contributed by atoms with Crippen molar-refractivity contribution in [3.63, 3.8) is 0 Å². The van der Waals surface area contributed by atoms with Crippen LogP contribution in [0.3, 0.4) is 0 Å². The second-order valence-corrected chi connectivity index (χ2v) is 5.10. The number of nitrogens with one attached hydrogen (secondary N) is 1. The second kappa shape index (κ2) is 6.02. The first kappa shape index (κ1) is 13.8. The fraction of sp³-hybridized carbons (Fsp3) is 0.188. The molecule has 2 nitrogen and oxygen atoms in total. The Morgan fingerprint density at radius 1 is 1.05 bits per heavy atom. The maximum Gasteiger partial charge on any atom is 0.172 e. The molecule has 0 aliphatic rings. The monoisotopic (exact) mass is 317 g/mol. The van der Waals surface area contributed by atoms with Gasteiger partial charge in [0.15, 0.2) is 5.78 Å². The van der Waals surface area contributed by atoms with Crippen molar-refractivity contribution in [1.29, 1.82) is 0 Å². The molecule has 0 radical (unpaired) electrons. The van der Waals surface area contributed by atoms with Crippen LogP contribution in [0.4, 0.5) is 5.69 Å². The first-order valence-corrected chi connectivity index (χ1v) is 7.27. The van der Waals surface area contributed by atoms with E-state index >= 15 is 0 Å². The minimum atomic E-state index is -0.730. The van der Waals surface area contributed by atoms with Gasteiger partial charge in [-0.3, -0.25) is 4.79 Å². The number of anilines is 1. The Hall–Kier alpha value is -1.61. The van der Waals surface area contributed by atoms with E-state index < -0.39 is 5.54 Å². The predicted octanol–water partition coefficient (Wildman–Crippen LogP) is 3.98. The largest absolute Gasteiger partial charge is 0.369 e. The minimum Gasteiger partial charge on any atom is -0.369 e. The molecule has 0 fully saturated rings. The molecule has 2 aromatic carbocycles. The number of benzene rings is 2. The summed E-state index contributed by atoms with van der Waals surface area (Å²) in [6.45, 7) is 1.92. The van der Waals surface area contributed by atoms with Crippen molar-refractivity contribution < 1.29 is 4.79 Å². The van der Waals surface area contributed by atoms with Gasteiger partial charge < -0.3 is 5.32 Å². The molecule has 0 saturated carbocycles. The van der Waals surface area contributed by atoms with E-state index in [0.29, 0.717) is 5.33 Å². The Morgan fingerprint density at radius 2 is 1.58 bits per heavy atom.